The number of rotatable bonds is 2. The minimum atomic E-state index is -4.37. The van der Waals surface area contributed by atoms with Gasteiger partial charge in [0.2, 0.25) is 0 Å². The van der Waals surface area contributed by atoms with Crippen molar-refractivity contribution in [1.29, 1.82) is 0 Å². The van der Waals surface area contributed by atoms with E-state index in [0.29, 0.717) is 5.56 Å². The van der Waals surface area contributed by atoms with Gasteiger partial charge in [0.1, 0.15) is 0 Å². The third-order valence-corrected chi connectivity index (χ3v) is 1.66. The van der Waals surface area contributed by atoms with Crippen molar-refractivity contribution in [1.82, 2.24) is 0 Å². The largest absolute Gasteiger partial charge is 0.478 e. The predicted octanol–water partition coefficient (Wildman–Crippen LogP) is 2.80. The third-order valence-electron chi connectivity index (χ3n) is 1.66. The molecule has 80 valence electrons. The zero-order valence-electron chi connectivity index (χ0n) is 7.45. The van der Waals surface area contributed by atoms with Crippen molar-refractivity contribution in [2.45, 2.75) is 6.18 Å². The van der Waals surface area contributed by atoms with Gasteiger partial charge in [0.05, 0.1) is 5.56 Å². The van der Waals surface area contributed by atoms with Crippen LogP contribution in [0.15, 0.2) is 30.3 Å². The lowest BCUT2D eigenvalue weighted by molar-refractivity contribution is -0.137. The molecule has 0 atom stereocenters. The molecule has 0 aliphatic carbocycles. The van der Waals surface area contributed by atoms with E-state index >= 15 is 0 Å². The number of carboxylic acid groups (broad SMARTS) is 1. The van der Waals surface area contributed by atoms with Crippen LogP contribution in [0.4, 0.5) is 13.2 Å². The normalized spacial score (nSPS) is 11.9. The summed E-state index contributed by atoms with van der Waals surface area (Å²) in [5.74, 6) is -1.14. The van der Waals surface area contributed by atoms with Gasteiger partial charge in [-0.25, -0.2) is 4.79 Å². The number of aliphatic carboxylic acids is 1. The Kier molecular flexibility index (Phi) is 3.14. The van der Waals surface area contributed by atoms with E-state index < -0.39 is 17.7 Å². The summed E-state index contributed by atoms with van der Waals surface area (Å²) in [6.45, 7) is 0. The van der Waals surface area contributed by atoms with Crippen LogP contribution in [-0.2, 0) is 11.0 Å². The first kappa shape index (κ1) is 11.3. The van der Waals surface area contributed by atoms with Gasteiger partial charge in [-0.1, -0.05) is 12.1 Å². The van der Waals surface area contributed by atoms with Crippen LogP contribution in [0.2, 0.25) is 0 Å². The summed E-state index contributed by atoms with van der Waals surface area (Å²) in [4.78, 5) is 10.1. The van der Waals surface area contributed by atoms with Gasteiger partial charge >= 0.3 is 12.1 Å². The van der Waals surface area contributed by atoms with E-state index in [4.69, 9.17) is 5.11 Å². The van der Waals surface area contributed by atoms with Crippen LogP contribution in [0, 0.1) is 0 Å². The number of carbonyl (C=O) groups is 1. The molecule has 1 N–H and O–H groups in total. The number of halogens is 3. The summed E-state index contributed by atoms with van der Waals surface area (Å²) in [7, 11) is 0. The SMILES string of the molecule is O=C(O)/[14CH]=C/c1ccc(C(F)(F)F)cc1. The number of carboxylic acids is 1. The molecule has 15 heavy (non-hydrogen) atoms. The quantitative estimate of drug-likeness (QED) is 0.775. The summed E-state index contributed by atoms with van der Waals surface area (Å²) in [6, 6.07) is 4.23. The maximum absolute atomic E-state index is 12.1. The van der Waals surface area contributed by atoms with Gasteiger partial charge in [-0.2, -0.15) is 13.2 Å². The Morgan fingerprint density at radius 3 is 2.20 bits per heavy atom. The summed E-state index contributed by atoms with van der Waals surface area (Å²) >= 11 is 0. The lowest BCUT2D eigenvalue weighted by Crippen LogP contribution is -2.03. The number of benzene rings is 1. The maximum atomic E-state index is 12.1. The highest BCUT2D eigenvalue weighted by Crippen LogP contribution is 2.29. The zero-order chi connectivity index (χ0) is 11.5. The van der Waals surface area contributed by atoms with Crippen LogP contribution in [0.25, 0.3) is 6.08 Å². The third kappa shape index (κ3) is 3.46. The molecule has 0 amide bonds. The predicted molar refractivity (Wildman–Crippen MR) is 48.1 cm³/mol. The Morgan fingerprint density at radius 2 is 1.80 bits per heavy atom. The average Bonchev–Trinajstić information content (AvgIpc) is 2.14. The Balaban J connectivity index is 2.86. The van der Waals surface area contributed by atoms with E-state index in [1.54, 1.807) is 0 Å². The van der Waals surface area contributed by atoms with E-state index in [9.17, 15) is 18.0 Å². The van der Waals surface area contributed by atoms with E-state index in [1.165, 1.54) is 18.2 Å². The highest BCUT2D eigenvalue weighted by molar-refractivity contribution is 5.85. The standard InChI is InChI=1S/C10H7F3O2/c11-10(12,13)8-4-1-7(2-5-8)3-6-9(14)15/h1-6H,(H,14,15)/b6-3+/i6+2. The molecule has 0 spiro atoms. The van der Waals surface area contributed by atoms with E-state index in [1.807, 2.05) is 0 Å². The van der Waals surface area contributed by atoms with Gasteiger partial charge in [-0.05, 0) is 23.8 Å². The number of alkyl halides is 3. The van der Waals surface area contributed by atoms with Crippen molar-refractivity contribution in [2.75, 3.05) is 0 Å². The van der Waals surface area contributed by atoms with Gasteiger partial charge in [0.15, 0.2) is 0 Å². The highest BCUT2D eigenvalue weighted by Gasteiger charge is 2.29. The zero-order valence-corrected chi connectivity index (χ0v) is 7.45. The van der Waals surface area contributed by atoms with Crippen LogP contribution in [0.3, 0.4) is 0 Å². The van der Waals surface area contributed by atoms with Crippen LogP contribution < -0.4 is 0 Å². The second-order valence-electron chi connectivity index (χ2n) is 2.79. The minimum Gasteiger partial charge on any atom is -0.478 e. The molecule has 5 heteroatoms. The molecule has 0 heterocycles. The molecule has 0 aromatic heterocycles. The molecule has 0 unspecified atom stereocenters. The average molecular weight is 218 g/mol. The fourth-order valence-corrected chi connectivity index (χ4v) is 0.951. The lowest BCUT2D eigenvalue weighted by Gasteiger charge is -2.05. The fraction of sp³-hybridized carbons (Fsp3) is 0.100. The van der Waals surface area contributed by atoms with Gasteiger partial charge in [-0.3, -0.25) is 0 Å². The number of hydrogen-bond acceptors (Lipinski definition) is 1. The first-order valence-corrected chi connectivity index (χ1v) is 3.98. The van der Waals surface area contributed by atoms with Crippen molar-refractivity contribution < 1.29 is 23.1 Å². The first-order chi connectivity index (χ1) is 6.89. The van der Waals surface area contributed by atoms with Crippen LogP contribution in [0.5, 0.6) is 0 Å². The Morgan fingerprint density at radius 1 is 1.27 bits per heavy atom. The van der Waals surface area contributed by atoms with Crippen molar-refractivity contribution in [2.24, 2.45) is 0 Å². The molecule has 0 bridgehead atoms. The van der Waals surface area contributed by atoms with Gasteiger partial charge in [0, 0.05) is 6.08 Å². The van der Waals surface area contributed by atoms with E-state index in [2.05, 4.69) is 0 Å². The smallest absolute Gasteiger partial charge is 0.416 e. The Hall–Kier alpha value is -1.78. The molecule has 0 fully saturated rings. The van der Waals surface area contributed by atoms with Crippen molar-refractivity contribution in [3.63, 3.8) is 0 Å². The maximum Gasteiger partial charge on any atom is 0.416 e. The van der Waals surface area contributed by atoms with Crippen LogP contribution in [-0.4, -0.2) is 11.1 Å². The topological polar surface area (TPSA) is 37.3 Å². The minimum absolute atomic E-state index is 0.408. The first-order valence-electron chi connectivity index (χ1n) is 3.98. The Bertz CT molecular complexity index is 377. The summed E-state index contributed by atoms with van der Waals surface area (Å²) in [5, 5.41) is 8.29. The molecule has 0 saturated carbocycles. The summed E-state index contributed by atoms with van der Waals surface area (Å²) < 4.78 is 36.4. The summed E-state index contributed by atoms with van der Waals surface area (Å²) in [6.07, 6.45) is -2.28. The van der Waals surface area contributed by atoms with Crippen LogP contribution >= 0.6 is 0 Å². The molecule has 1 aromatic carbocycles. The molecular formula is C10H7F3O2. The lowest BCUT2D eigenvalue weighted by atomic mass is 10.1. The molecule has 1 aromatic rings. The molecule has 0 aliphatic rings. The van der Waals surface area contributed by atoms with Gasteiger partial charge in [0.25, 0.3) is 0 Å². The molecule has 0 radical (unpaired) electrons. The van der Waals surface area contributed by atoms with Gasteiger partial charge in [-0.15, -0.1) is 0 Å². The Labute approximate surface area is 83.7 Å². The molecule has 1 rings (SSSR count). The van der Waals surface area contributed by atoms with Crippen molar-refractivity contribution >= 4 is 12.0 Å². The number of hydrogen-bond donors (Lipinski definition) is 1. The molecule has 0 aliphatic heterocycles. The van der Waals surface area contributed by atoms with Gasteiger partial charge < -0.3 is 5.11 Å². The van der Waals surface area contributed by atoms with E-state index in [0.717, 1.165) is 18.2 Å². The second-order valence-corrected chi connectivity index (χ2v) is 2.79. The van der Waals surface area contributed by atoms with Crippen molar-refractivity contribution in [3.05, 3.63) is 41.5 Å². The molecule has 0 saturated heterocycles. The summed E-state index contributed by atoms with van der Waals surface area (Å²) in [5.41, 5.74) is -0.347. The molecule has 2 nitrogen and oxygen atoms in total. The molecular weight excluding hydrogens is 211 g/mol. The second kappa shape index (κ2) is 4.16. The monoisotopic (exact) mass is 218 g/mol. The van der Waals surface area contributed by atoms with E-state index in [-0.39, 0.29) is 0 Å². The van der Waals surface area contributed by atoms with Crippen LogP contribution in [0.1, 0.15) is 11.1 Å². The fourth-order valence-electron chi connectivity index (χ4n) is 0.951. The van der Waals surface area contributed by atoms with Crippen molar-refractivity contribution in [3.8, 4) is 0 Å². The highest BCUT2D eigenvalue weighted by atomic mass is 19.4.